The van der Waals surface area contributed by atoms with E-state index in [9.17, 15) is 13.2 Å². The van der Waals surface area contributed by atoms with E-state index in [4.69, 9.17) is 9.47 Å². The van der Waals surface area contributed by atoms with Crippen LogP contribution < -0.4 is 0 Å². The van der Waals surface area contributed by atoms with Gasteiger partial charge in [-0.2, -0.15) is 4.31 Å². The van der Waals surface area contributed by atoms with Crippen LogP contribution >= 0.6 is 0 Å². The zero-order chi connectivity index (χ0) is 17.6. The van der Waals surface area contributed by atoms with E-state index in [2.05, 4.69) is 0 Å². The first-order valence-corrected chi connectivity index (χ1v) is 9.75. The van der Waals surface area contributed by atoms with Crippen molar-refractivity contribution in [1.82, 2.24) is 4.31 Å². The number of nitrogens with zero attached hydrogens (tertiary/aromatic N) is 1. The summed E-state index contributed by atoms with van der Waals surface area (Å²) in [5.41, 5.74) is 0.986. The second-order valence-corrected chi connectivity index (χ2v) is 7.78. The molecule has 1 heterocycles. The monoisotopic (exact) mass is 355 g/mol. The largest absolute Gasteiger partial charge is 0.466 e. The lowest BCUT2D eigenvalue weighted by Gasteiger charge is -2.34. The molecule has 1 aliphatic rings. The molecule has 0 amide bonds. The Hall–Kier alpha value is -1.44. The van der Waals surface area contributed by atoms with Crippen LogP contribution in [0.4, 0.5) is 0 Å². The molecule has 0 aliphatic carbocycles. The highest BCUT2D eigenvalue weighted by atomic mass is 32.2. The van der Waals surface area contributed by atoms with Crippen LogP contribution in [-0.2, 0) is 24.3 Å². The molecule has 1 fully saturated rings. The van der Waals surface area contributed by atoms with Gasteiger partial charge in [0.1, 0.15) is 6.23 Å². The van der Waals surface area contributed by atoms with Crippen LogP contribution in [-0.4, -0.2) is 44.7 Å². The first kappa shape index (κ1) is 18.9. The molecule has 1 saturated heterocycles. The van der Waals surface area contributed by atoms with Gasteiger partial charge in [0.05, 0.1) is 17.9 Å². The highest BCUT2D eigenvalue weighted by molar-refractivity contribution is 7.89. The first-order valence-electron chi connectivity index (χ1n) is 8.31. The summed E-state index contributed by atoms with van der Waals surface area (Å²) in [7, 11) is -3.70. The fraction of sp³-hybridized carbons (Fsp3) is 0.588. The van der Waals surface area contributed by atoms with Crippen molar-refractivity contribution in [2.45, 2.75) is 50.7 Å². The van der Waals surface area contributed by atoms with Crippen LogP contribution in [0.3, 0.4) is 0 Å². The average molecular weight is 355 g/mol. The Kier molecular flexibility index (Phi) is 6.77. The summed E-state index contributed by atoms with van der Waals surface area (Å²) in [6.07, 6.45) is 1.43. The Labute approximate surface area is 143 Å². The number of carbonyl (C=O) groups excluding carboxylic acids is 1. The van der Waals surface area contributed by atoms with Crippen molar-refractivity contribution in [3.8, 4) is 0 Å². The number of esters is 1. The molecule has 6 nitrogen and oxygen atoms in total. The molecule has 0 saturated carbocycles. The third-order valence-corrected chi connectivity index (χ3v) is 5.79. The third-order valence-electron chi connectivity index (χ3n) is 3.88. The molecular formula is C17H25NO5S. The fourth-order valence-corrected chi connectivity index (χ4v) is 4.05. The number of aryl methyl sites for hydroxylation is 1. The molecule has 1 atom stereocenters. The lowest BCUT2D eigenvalue weighted by molar-refractivity contribution is -0.151. The van der Waals surface area contributed by atoms with E-state index in [-0.39, 0.29) is 11.3 Å². The Balaban J connectivity index is 2.10. The quantitative estimate of drug-likeness (QED) is 0.555. The topological polar surface area (TPSA) is 72.9 Å². The van der Waals surface area contributed by atoms with Gasteiger partial charge >= 0.3 is 5.97 Å². The number of sulfonamides is 1. The van der Waals surface area contributed by atoms with Gasteiger partial charge in [0.25, 0.3) is 0 Å². The summed E-state index contributed by atoms with van der Waals surface area (Å²) in [6.45, 7) is 5.03. The zero-order valence-electron chi connectivity index (χ0n) is 14.2. The molecule has 24 heavy (non-hydrogen) atoms. The van der Waals surface area contributed by atoms with Crippen molar-refractivity contribution in [3.63, 3.8) is 0 Å². The van der Waals surface area contributed by atoms with E-state index in [0.29, 0.717) is 26.2 Å². The number of carbonyl (C=O) groups is 1. The molecular weight excluding hydrogens is 330 g/mol. The molecule has 1 aliphatic heterocycles. The predicted molar refractivity (Wildman–Crippen MR) is 89.9 cm³/mol. The molecule has 0 bridgehead atoms. The molecule has 0 radical (unpaired) electrons. The second-order valence-electron chi connectivity index (χ2n) is 5.89. The van der Waals surface area contributed by atoms with E-state index in [1.165, 1.54) is 4.31 Å². The van der Waals surface area contributed by atoms with Crippen molar-refractivity contribution in [3.05, 3.63) is 29.8 Å². The van der Waals surface area contributed by atoms with Gasteiger partial charge in [-0.15, -0.1) is 0 Å². The summed E-state index contributed by atoms with van der Waals surface area (Å²) in [4.78, 5) is 12.1. The summed E-state index contributed by atoms with van der Waals surface area (Å²) in [5, 5.41) is 0. The number of hydrogen-bond donors (Lipinski definition) is 0. The van der Waals surface area contributed by atoms with Gasteiger partial charge in [0.2, 0.25) is 10.0 Å². The fourth-order valence-electron chi connectivity index (χ4n) is 2.48. The van der Waals surface area contributed by atoms with Gasteiger partial charge in [-0.25, -0.2) is 8.42 Å². The Morgan fingerprint density at radius 2 is 2.04 bits per heavy atom. The number of rotatable bonds is 7. The molecule has 0 spiro atoms. The number of benzene rings is 1. The van der Waals surface area contributed by atoms with Gasteiger partial charge in [0, 0.05) is 13.2 Å². The highest BCUT2D eigenvalue weighted by Gasteiger charge is 2.35. The Morgan fingerprint density at radius 1 is 1.33 bits per heavy atom. The maximum atomic E-state index is 12.8. The maximum Gasteiger partial charge on any atom is 0.309 e. The summed E-state index contributed by atoms with van der Waals surface area (Å²) >= 11 is 0. The van der Waals surface area contributed by atoms with Gasteiger partial charge in [-0.05, 0) is 31.9 Å². The number of hydrogen-bond acceptors (Lipinski definition) is 5. The highest BCUT2D eigenvalue weighted by Crippen LogP contribution is 2.24. The van der Waals surface area contributed by atoms with E-state index in [0.717, 1.165) is 18.4 Å². The van der Waals surface area contributed by atoms with Crippen molar-refractivity contribution < 1.29 is 22.7 Å². The van der Waals surface area contributed by atoms with Crippen molar-refractivity contribution in [2.24, 2.45) is 0 Å². The predicted octanol–water partition coefficient (Wildman–Crippen LogP) is 2.47. The molecule has 0 N–H and O–H groups in total. The Morgan fingerprint density at radius 3 is 2.71 bits per heavy atom. The van der Waals surface area contributed by atoms with Crippen molar-refractivity contribution in [1.29, 1.82) is 0 Å². The van der Waals surface area contributed by atoms with E-state index < -0.39 is 22.2 Å². The van der Waals surface area contributed by atoms with E-state index in [1.54, 1.807) is 24.3 Å². The van der Waals surface area contributed by atoms with Gasteiger partial charge in [0.15, 0.2) is 0 Å². The lowest BCUT2D eigenvalue weighted by Crippen LogP contribution is -2.47. The molecule has 134 valence electrons. The Bertz CT molecular complexity index is 641. The number of unbranched alkanes of at least 4 members (excludes halogenated alkanes) is 1. The van der Waals surface area contributed by atoms with Crippen LogP contribution in [0.2, 0.25) is 0 Å². The lowest BCUT2D eigenvalue weighted by atomic mass is 10.2. The summed E-state index contributed by atoms with van der Waals surface area (Å²) in [6, 6.07) is 6.67. The zero-order valence-corrected chi connectivity index (χ0v) is 15.0. The third kappa shape index (κ3) is 4.78. The molecule has 0 aromatic heterocycles. The van der Waals surface area contributed by atoms with E-state index in [1.807, 2.05) is 13.8 Å². The summed E-state index contributed by atoms with van der Waals surface area (Å²) in [5.74, 6) is -0.431. The van der Waals surface area contributed by atoms with Gasteiger partial charge in [-0.3, -0.25) is 4.79 Å². The number of ether oxygens (including phenoxy) is 2. The molecule has 1 aromatic carbocycles. The standard InChI is InChI=1S/C17H25NO5S/c1-3-4-11-23-17(19)13-16-18(10-5-12-22-16)24(20,21)15-8-6-14(2)7-9-15/h6-9,16H,3-5,10-13H2,1-2H3. The van der Waals surface area contributed by atoms with E-state index >= 15 is 0 Å². The van der Waals surface area contributed by atoms with Crippen LogP contribution in [0.5, 0.6) is 0 Å². The first-order chi connectivity index (χ1) is 11.4. The minimum absolute atomic E-state index is 0.0885. The van der Waals surface area contributed by atoms with Crippen molar-refractivity contribution in [2.75, 3.05) is 19.8 Å². The van der Waals surface area contributed by atoms with Gasteiger partial charge in [-0.1, -0.05) is 31.0 Å². The van der Waals surface area contributed by atoms with Crippen molar-refractivity contribution >= 4 is 16.0 Å². The average Bonchev–Trinajstić information content (AvgIpc) is 2.56. The molecule has 1 unspecified atom stereocenters. The normalized spacial score (nSPS) is 19.2. The van der Waals surface area contributed by atoms with Crippen LogP contribution in [0, 0.1) is 6.92 Å². The second kappa shape index (κ2) is 8.60. The minimum Gasteiger partial charge on any atom is -0.466 e. The molecule has 7 heteroatoms. The van der Waals surface area contributed by atoms with Crippen LogP contribution in [0.15, 0.2) is 29.2 Å². The summed E-state index contributed by atoms with van der Waals surface area (Å²) < 4.78 is 37.6. The van der Waals surface area contributed by atoms with Crippen LogP contribution in [0.1, 0.15) is 38.2 Å². The molecule has 2 rings (SSSR count). The SMILES string of the molecule is CCCCOC(=O)CC1OCCCN1S(=O)(=O)c1ccc(C)cc1. The minimum atomic E-state index is -3.70. The smallest absolute Gasteiger partial charge is 0.309 e. The maximum absolute atomic E-state index is 12.8. The van der Waals surface area contributed by atoms with Gasteiger partial charge < -0.3 is 9.47 Å². The van der Waals surface area contributed by atoms with Crippen LogP contribution in [0.25, 0.3) is 0 Å². The molecule has 1 aromatic rings.